The topological polar surface area (TPSA) is 106 Å². The van der Waals surface area contributed by atoms with Crippen molar-refractivity contribution in [3.8, 4) is 0 Å². The lowest BCUT2D eigenvalue weighted by molar-refractivity contribution is 0.262. The first-order chi connectivity index (χ1) is 8.56. The van der Waals surface area contributed by atoms with Crippen LogP contribution in [0.15, 0.2) is 22.9 Å². The Morgan fingerprint density at radius 1 is 1.33 bits per heavy atom. The van der Waals surface area contributed by atoms with E-state index in [4.69, 9.17) is 10.3 Å². The van der Waals surface area contributed by atoms with Crippen LogP contribution in [0.5, 0.6) is 0 Å². The highest BCUT2D eigenvalue weighted by Gasteiger charge is 2.13. The Morgan fingerprint density at radius 2 is 2.11 bits per heavy atom. The monoisotopic (exact) mass is 247 g/mol. The van der Waals surface area contributed by atoms with E-state index >= 15 is 0 Å². The molecule has 0 aliphatic carbocycles. The summed E-state index contributed by atoms with van der Waals surface area (Å²) in [6.07, 6.45) is 1.66. The summed E-state index contributed by atoms with van der Waals surface area (Å²) in [6.45, 7) is 3.59. The van der Waals surface area contributed by atoms with Crippen molar-refractivity contribution in [2.45, 2.75) is 13.8 Å². The van der Waals surface area contributed by atoms with Gasteiger partial charge in [-0.2, -0.15) is 0 Å². The van der Waals surface area contributed by atoms with E-state index in [0.29, 0.717) is 17.2 Å². The molecule has 0 atom stereocenters. The fourth-order valence-corrected chi connectivity index (χ4v) is 1.34. The van der Waals surface area contributed by atoms with Crippen molar-refractivity contribution in [1.29, 1.82) is 0 Å². The molecule has 0 unspecified atom stereocenters. The standard InChI is InChI=1S/C11H13N5O2/c1-6-3-4-8(13-5-6)14-11(17)15-9-7(2)16-18-10(9)12/h3-5H,12H2,1-2H3,(H2,13,14,15,17). The predicted octanol–water partition coefficient (Wildman–Crippen LogP) is 1.91. The van der Waals surface area contributed by atoms with E-state index in [9.17, 15) is 4.79 Å². The largest absolute Gasteiger partial charge is 0.366 e. The number of nitrogens with two attached hydrogens (primary N) is 1. The molecule has 0 aliphatic heterocycles. The Kier molecular flexibility index (Phi) is 3.13. The molecular formula is C11H13N5O2. The molecule has 7 heteroatoms. The van der Waals surface area contributed by atoms with Gasteiger partial charge in [0.25, 0.3) is 0 Å². The third-order valence-electron chi connectivity index (χ3n) is 2.28. The highest BCUT2D eigenvalue weighted by molar-refractivity contribution is 6.00. The van der Waals surface area contributed by atoms with Crippen molar-refractivity contribution in [2.75, 3.05) is 16.4 Å². The normalized spacial score (nSPS) is 10.1. The van der Waals surface area contributed by atoms with E-state index in [2.05, 4.69) is 20.8 Å². The predicted molar refractivity (Wildman–Crippen MR) is 67.3 cm³/mol. The van der Waals surface area contributed by atoms with Gasteiger partial charge in [-0.15, -0.1) is 0 Å². The second-order valence-electron chi connectivity index (χ2n) is 3.81. The quantitative estimate of drug-likeness (QED) is 0.751. The number of hydrogen-bond donors (Lipinski definition) is 3. The Labute approximate surface area is 103 Å². The number of urea groups is 1. The number of nitrogens with one attached hydrogen (secondary N) is 2. The Hall–Kier alpha value is -2.57. The number of anilines is 3. The summed E-state index contributed by atoms with van der Waals surface area (Å²) in [4.78, 5) is 15.7. The summed E-state index contributed by atoms with van der Waals surface area (Å²) in [5.41, 5.74) is 7.40. The summed E-state index contributed by atoms with van der Waals surface area (Å²) < 4.78 is 4.73. The molecule has 2 heterocycles. The van der Waals surface area contributed by atoms with E-state index in [1.54, 1.807) is 19.2 Å². The second kappa shape index (κ2) is 4.74. The Bertz CT molecular complexity index is 542. The summed E-state index contributed by atoms with van der Waals surface area (Å²) >= 11 is 0. The van der Waals surface area contributed by atoms with E-state index in [1.807, 2.05) is 13.0 Å². The first-order valence-corrected chi connectivity index (χ1v) is 5.28. The Balaban J connectivity index is 2.03. The molecule has 2 aromatic rings. The summed E-state index contributed by atoms with van der Waals surface area (Å²) in [6, 6.07) is 3.10. The van der Waals surface area contributed by atoms with E-state index < -0.39 is 6.03 Å². The molecule has 2 rings (SSSR count). The van der Waals surface area contributed by atoms with Gasteiger partial charge in [-0.25, -0.2) is 9.78 Å². The Morgan fingerprint density at radius 3 is 2.67 bits per heavy atom. The van der Waals surface area contributed by atoms with Gasteiger partial charge in [0.2, 0.25) is 5.88 Å². The molecule has 94 valence electrons. The van der Waals surface area contributed by atoms with Gasteiger partial charge in [-0.1, -0.05) is 11.2 Å². The molecular weight excluding hydrogens is 234 g/mol. The second-order valence-corrected chi connectivity index (χ2v) is 3.81. The maximum Gasteiger partial charge on any atom is 0.325 e. The van der Waals surface area contributed by atoms with Crippen LogP contribution in [0, 0.1) is 13.8 Å². The zero-order valence-corrected chi connectivity index (χ0v) is 10.0. The number of rotatable bonds is 2. The number of pyridine rings is 1. The van der Waals surface area contributed by atoms with Gasteiger partial charge in [0, 0.05) is 6.20 Å². The van der Waals surface area contributed by atoms with E-state index in [0.717, 1.165) is 5.56 Å². The van der Waals surface area contributed by atoms with Gasteiger partial charge in [-0.3, -0.25) is 5.32 Å². The lowest BCUT2D eigenvalue weighted by Crippen LogP contribution is -2.20. The lowest BCUT2D eigenvalue weighted by Gasteiger charge is -2.06. The van der Waals surface area contributed by atoms with Gasteiger partial charge in [0.05, 0.1) is 0 Å². The number of nitrogen functional groups attached to an aromatic ring is 1. The van der Waals surface area contributed by atoms with E-state index in [1.165, 1.54) is 0 Å². The fraction of sp³-hybridized carbons (Fsp3) is 0.182. The number of aryl methyl sites for hydroxylation is 2. The molecule has 0 saturated heterocycles. The molecule has 0 bridgehead atoms. The van der Waals surface area contributed by atoms with Crippen molar-refractivity contribution in [3.63, 3.8) is 0 Å². The van der Waals surface area contributed by atoms with Gasteiger partial charge in [0.1, 0.15) is 17.2 Å². The van der Waals surface area contributed by atoms with Gasteiger partial charge in [0.15, 0.2) is 0 Å². The first kappa shape index (κ1) is 11.9. The molecule has 0 aromatic carbocycles. The minimum Gasteiger partial charge on any atom is -0.366 e. The van der Waals surface area contributed by atoms with Crippen LogP contribution in [-0.2, 0) is 0 Å². The van der Waals surface area contributed by atoms with Crippen LogP contribution in [0.4, 0.5) is 22.2 Å². The minimum absolute atomic E-state index is 0.0690. The van der Waals surface area contributed by atoms with Crippen LogP contribution in [0.3, 0.4) is 0 Å². The van der Waals surface area contributed by atoms with Crippen molar-refractivity contribution in [3.05, 3.63) is 29.6 Å². The van der Waals surface area contributed by atoms with E-state index in [-0.39, 0.29) is 5.88 Å². The third kappa shape index (κ3) is 2.57. The SMILES string of the molecule is Cc1ccc(NC(=O)Nc2c(C)noc2N)nc1. The average Bonchev–Trinajstić information content (AvgIpc) is 2.64. The van der Waals surface area contributed by atoms with Crippen molar-refractivity contribution in [2.24, 2.45) is 0 Å². The number of amides is 2. The van der Waals surface area contributed by atoms with Crippen LogP contribution in [0.25, 0.3) is 0 Å². The fourth-order valence-electron chi connectivity index (χ4n) is 1.34. The number of carbonyl (C=O) groups is 1. The zero-order chi connectivity index (χ0) is 13.1. The zero-order valence-electron chi connectivity index (χ0n) is 10.0. The van der Waals surface area contributed by atoms with Crippen LogP contribution in [0.2, 0.25) is 0 Å². The summed E-state index contributed by atoms with van der Waals surface area (Å²) in [7, 11) is 0. The number of nitrogens with zero attached hydrogens (tertiary/aromatic N) is 2. The van der Waals surface area contributed by atoms with Crippen LogP contribution in [-0.4, -0.2) is 16.2 Å². The molecule has 18 heavy (non-hydrogen) atoms. The number of carbonyl (C=O) groups excluding carboxylic acids is 1. The molecule has 7 nitrogen and oxygen atoms in total. The van der Waals surface area contributed by atoms with Gasteiger partial charge in [-0.05, 0) is 25.5 Å². The number of hydrogen-bond acceptors (Lipinski definition) is 5. The van der Waals surface area contributed by atoms with Crippen LogP contribution < -0.4 is 16.4 Å². The minimum atomic E-state index is -0.454. The molecule has 0 radical (unpaired) electrons. The maximum atomic E-state index is 11.7. The maximum absolute atomic E-state index is 11.7. The molecule has 0 aliphatic rings. The molecule has 0 fully saturated rings. The molecule has 4 N–H and O–H groups in total. The van der Waals surface area contributed by atoms with Crippen molar-refractivity contribution < 1.29 is 9.32 Å². The van der Waals surface area contributed by atoms with Crippen LogP contribution >= 0.6 is 0 Å². The lowest BCUT2D eigenvalue weighted by atomic mass is 10.3. The molecule has 2 amide bonds. The highest BCUT2D eigenvalue weighted by atomic mass is 16.5. The smallest absolute Gasteiger partial charge is 0.325 e. The third-order valence-corrected chi connectivity index (χ3v) is 2.28. The average molecular weight is 247 g/mol. The highest BCUT2D eigenvalue weighted by Crippen LogP contribution is 2.21. The van der Waals surface area contributed by atoms with Crippen LogP contribution in [0.1, 0.15) is 11.3 Å². The summed E-state index contributed by atoms with van der Waals surface area (Å²) in [5.74, 6) is 0.519. The van der Waals surface area contributed by atoms with Gasteiger partial charge < -0.3 is 15.6 Å². The summed E-state index contributed by atoms with van der Waals surface area (Å²) in [5, 5.41) is 8.76. The molecule has 0 spiro atoms. The van der Waals surface area contributed by atoms with Gasteiger partial charge >= 0.3 is 6.03 Å². The molecule has 2 aromatic heterocycles. The molecule has 0 saturated carbocycles. The van der Waals surface area contributed by atoms with Crippen molar-refractivity contribution in [1.82, 2.24) is 10.1 Å². The van der Waals surface area contributed by atoms with Crippen molar-refractivity contribution >= 4 is 23.4 Å². The first-order valence-electron chi connectivity index (χ1n) is 5.28. The number of aromatic nitrogens is 2.